The average molecular weight is 312 g/mol. The second kappa shape index (κ2) is 6.44. The number of carboxylic acids is 1. The van der Waals surface area contributed by atoms with Crippen LogP contribution in [0.25, 0.3) is 0 Å². The normalized spacial score (nSPS) is 27.6. The quantitative estimate of drug-likeness (QED) is 0.836. The summed E-state index contributed by atoms with van der Waals surface area (Å²) in [5.41, 5.74) is -1.86. The molecule has 126 valence electrons. The molecular formula is C16H28N2O4. The molecule has 1 unspecified atom stereocenters. The number of rotatable bonds is 3. The standard InChI is InChI=1S/C16H28N2O4/c1-15(2,3)22-14(21)17-16(13(19)20)9-10-18(11-16)12-7-5-4-6-8-12/h12H,4-11H2,1-3H3,(H,17,21)(H,19,20). The van der Waals surface area contributed by atoms with Gasteiger partial charge >= 0.3 is 12.1 Å². The Hall–Kier alpha value is -1.30. The zero-order valence-corrected chi connectivity index (χ0v) is 13.9. The molecule has 2 N–H and O–H groups in total. The lowest BCUT2D eigenvalue weighted by molar-refractivity contribution is -0.144. The molecule has 0 spiro atoms. The molecule has 6 heteroatoms. The van der Waals surface area contributed by atoms with E-state index in [1.54, 1.807) is 20.8 Å². The number of carbonyl (C=O) groups excluding carboxylic acids is 1. The van der Waals surface area contributed by atoms with Gasteiger partial charge in [0, 0.05) is 19.1 Å². The summed E-state index contributed by atoms with van der Waals surface area (Å²) in [6.07, 6.45) is 5.72. The molecule has 0 aromatic heterocycles. The molecule has 6 nitrogen and oxygen atoms in total. The molecule has 1 saturated heterocycles. The van der Waals surface area contributed by atoms with E-state index in [1.807, 2.05) is 0 Å². The zero-order valence-electron chi connectivity index (χ0n) is 13.9. The van der Waals surface area contributed by atoms with Gasteiger partial charge in [-0.1, -0.05) is 19.3 Å². The largest absolute Gasteiger partial charge is 0.479 e. The lowest BCUT2D eigenvalue weighted by atomic mass is 9.94. The van der Waals surface area contributed by atoms with Crippen LogP contribution in [-0.4, -0.2) is 52.3 Å². The van der Waals surface area contributed by atoms with Gasteiger partial charge in [-0.25, -0.2) is 9.59 Å². The molecule has 1 aliphatic heterocycles. The SMILES string of the molecule is CC(C)(C)OC(=O)NC1(C(=O)O)CCN(C2CCCCC2)C1. The minimum absolute atomic E-state index is 0.367. The highest BCUT2D eigenvalue weighted by atomic mass is 16.6. The van der Waals surface area contributed by atoms with Crippen molar-refractivity contribution in [2.75, 3.05) is 13.1 Å². The average Bonchev–Trinajstić information content (AvgIpc) is 2.83. The van der Waals surface area contributed by atoms with E-state index in [4.69, 9.17) is 4.74 Å². The molecule has 22 heavy (non-hydrogen) atoms. The van der Waals surface area contributed by atoms with Crippen LogP contribution in [0.4, 0.5) is 4.79 Å². The van der Waals surface area contributed by atoms with Gasteiger partial charge in [0.15, 0.2) is 5.54 Å². The van der Waals surface area contributed by atoms with Crippen LogP contribution in [0.3, 0.4) is 0 Å². The number of hydrogen-bond donors (Lipinski definition) is 2. The van der Waals surface area contributed by atoms with Crippen LogP contribution in [0.2, 0.25) is 0 Å². The number of nitrogens with one attached hydrogen (secondary N) is 1. The van der Waals surface area contributed by atoms with Gasteiger partial charge < -0.3 is 15.2 Å². The van der Waals surface area contributed by atoms with Gasteiger partial charge in [-0.15, -0.1) is 0 Å². The molecule has 1 aliphatic carbocycles. The van der Waals surface area contributed by atoms with Crippen LogP contribution in [0.15, 0.2) is 0 Å². The lowest BCUT2D eigenvalue weighted by Crippen LogP contribution is -2.57. The van der Waals surface area contributed by atoms with E-state index in [0.717, 1.165) is 12.8 Å². The number of ether oxygens (including phenoxy) is 1. The van der Waals surface area contributed by atoms with Crippen molar-refractivity contribution in [2.45, 2.75) is 76.5 Å². The highest BCUT2D eigenvalue weighted by Crippen LogP contribution is 2.30. The predicted octanol–water partition coefficient (Wildman–Crippen LogP) is 2.37. The topological polar surface area (TPSA) is 78.9 Å². The predicted molar refractivity (Wildman–Crippen MR) is 82.8 cm³/mol. The van der Waals surface area contributed by atoms with Crippen LogP contribution in [0.1, 0.15) is 59.3 Å². The Bertz CT molecular complexity index is 426. The number of alkyl carbamates (subject to hydrolysis) is 1. The van der Waals surface area contributed by atoms with E-state index in [1.165, 1.54) is 19.3 Å². The molecule has 2 rings (SSSR count). The smallest absolute Gasteiger partial charge is 0.408 e. The fourth-order valence-corrected chi connectivity index (χ4v) is 3.43. The number of hydrogen-bond acceptors (Lipinski definition) is 4. The molecule has 0 radical (unpaired) electrons. The highest BCUT2D eigenvalue weighted by Gasteiger charge is 2.48. The Balaban J connectivity index is 2.01. The number of aliphatic carboxylic acids is 1. The molecule has 1 amide bonds. The van der Waals surface area contributed by atoms with Crippen molar-refractivity contribution in [3.63, 3.8) is 0 Å². The fraction of sp³-hybridized carbons (Fsp3) is 0.875. The van der Waals surface area contributed by atoms with Gasteiger partial charge in [0.05, 0.1) is 0 Å². The molecular weight excluding hydrogens is 284 g/mol. The Labute approximate surface area is 132 Å². The summed E-state index contributed by atoms with van der Waals surface area (Å²) >= 11 is 0. The molecule has 0 aromatic rings. The Kier molecular flexibility index (Phi) is 5.00. The van der Waals surface area contributed by atoms with E-state index >= 15 is 0 Å². The second-order valence-corrected chi connectivity index (χ2v) is 7.53. The van der Waals surface area contributed by atoms with Crippen LogP contribution >= 0.6 is 0 Å². The Morgan fingerprint density at radius 2 is 1.86 bits per heavy atom. The lowest BCUT2D eigenvalue weighted by Gasteiger charge is -2.33. The molecule has 0 bridgehead atoms. The molecule has 2 aliphatic rings. The van der Waals surface area contributed by atoms with Crippen molar-refractivity contribution >= 4 is 12.1 Å². The van der Waals surface area contributed by atoms with E-state index in [0.29, 0.717) is 25.6 Å². The number of carbonyl (C=O) groups is 2. The van der Waals surface area contributed by atoms with Crippen molar-refractivity contribution in [3.05, 3.63) is 0 Å². The minimum atomic E-state index is -1.22. The number of carboxylic acid groups (broad SMARTS) is 1. The second-order valence-electron chi connectivity index (χ2n) is 7.53. The van der Waals surface area contributed by atoms with Crippen molar-refractivity contribution in [1.82, 2.24) is 10.2 Å². The summed E-state index contributed by atoms with van der Waals surface area (Å²) in [6, 6.07) is 0.454. The van der Waals surface area contributed by atoms with Gasteiger partial charge in [-0.2, -0.15) is 0 Å². The first kappa shape index (κ1) is 17.1. The van der Waals surface area contributed by atoms with Crippen LogP contribution in [0, 0.1) is 0 Å². The van der Waals surface area contributed by atoms with Crippen LogP contribution < -0.4 is 5.32 Å². The van der Waals surface area contributed by atoms with Crippen molar-refractivity contribution in [2.24, 2.45) is 0 Å². The molecule has 1 atom stereocenters. The minimum Gasteiger partial charge on any atom is -0.479 e. The summed E-state index contributed by atoms with van der Waals surface area (Å²) in [6.45, 7) is 6.38. The van der Waals surface area contributed by atoms with Gasteiger partial charge in [-0.05, 0) is 40.0 Å². The number of likely N-dealkylation sites (tertiary alicyclic amines) is 1. The molecule has 2 fully saturated rings. The number of amides is 1. The summed E-state index contributed by atoms with van der Waals surface area (Å²) in [7, 11) is 0. The maximum absolute atomic E-state index is 12.0. The Morgan fingerprint density at radius 1 is 1.23 bits per heavy atom. The maximum Gasteiger partial charge on any atom is 0.408 e. The third kappa shape index (κ3) is 4.12. The maximum atomic E-state index is 12.0. The van der Waals surface area contributed by atoms with Crippen LogP contribution in [-0.2, 0) is 9.53 Å². The third-order valence-corrected chi connectivity index (χ3v) is 4.54. The monoisotopic (exact) mass is 312 g/mol. The van der Waals surface area contributed by atoms with Gasteiger partial charge in [-0.3, -0.25) is 4.90 Å². The van der Waals surface area contributed by atoms with E-state index in [9.17, 15) is 14.7 Å². The summed E-state index contributed by atoms with van der Waals surface area (Å²) in [5.74, 6) is -0.975. The fourth-order valence-electron chi connectivity index (χ4n) is 3.43. The van der Waals surface area contributed by atoms with Crippen molar-refractivity contribution in [3.8, 4) is 0 Å². The van der Waals surface area contributed by atoms with E-state index < -0.39 is 23.2 Å². The first-order chi connectivity index (χ1) is 10.2. The number of nitrogens with zero attached hydrogens (tertiary/aromatic N) is 1. The van der Waals surface area contributed by atoms with Gasteiger partial charge in [0.1, 0.15) is 5.60 Å². The van der Waals surface area contributed by atoms with Crippen molar-refractivity contribution < 1.29 is 19.4 Å². The third-order valence-electron chi connectivity index (χ3n) is 4.54. The van der Waals surface area contributed by atoms with Crippen LogP contribution in [0.5, 0.6) is 0 Å². The summed E-state index contributed by atoms with van der Waals surface area (Å²) in [4.78, 5) is 26.0. The van der Waals surface area contributed by atoms with E-state index in [-0.39, 0.29) is 0 Å². The van der Waals surface area contributed by atoms with Crippen molar-refractivity contribution in [1.29, 1.82) is 0 Å². The van der Waals surface area contributed by atoms with E-state index in [2.05, 4.69) is 10.2 Å². The molecule has 1 saturated carbocycles. The molecule has 1 heterocycles. The Morgan fingerprint density at radius 3 is 2.41 bits per heavy atom. The zero-order chi connectivity index (χ0) is 16.4. The molecule has 0 aromatic carbocycles. The summed E-state index contributed by atoms with van der Waals surface area (Å²) < 4.78 is 5.22. The first-order valence-electron chi connectivity index (χ1n) is 8.20. The highest BCUT2D eigenvalue weighted by molar-refractivity contribution is 5.85. The van der Waals surface area contributed by atoms with Gasteiger partial charge in [0.2, 0.25) is 0 Å². The summed E-state index contributed by atoms with van der Waals surface area (Å²) in [5, 5.41) is 12.2. The van der Waals surface area contributed by atoms with Gasteiger partial charge in [0.25, 0.3) is 0 Å². The first-order valence-corrected chi connectivity index (χ1v) is 8.20.